The van der Waals surface area contributed by atoms with E-state index in [9.17, 15) is 21.6 Å². The molecule has 0 bridgehead atoms. The number of carbonyl (C=O) groups is 1. The molecule has 0 aromatic rings. The van der Waals surface area contributed by atoms with Crippen LogP contribution in [0.2, 0.25) is 0 Å². The second-order valence-corrected chi connectivity index (χ2v) is 7.78. The molecule has 0 saturated heterocycles. The molecule has 1 aliphatic rings. The lowest BCUT2D eigenvalue weighted by Crippen LogP contribution is -2.44. The lowest BCUT2D eigenvalue weighted by Gasteiger charge is -2.19. The third-order valence-corrected chi connectivity index (χ3v) is 5.50. The first-order valence-corrected chi connectivity index (χ1v) is 8.53. The zero-order valence-corrected chi connectivity index (χ0v) is 12.2. The number of carbonyl (C=O) groups excluding carboxylic acids is 1. The van der Waals surface area contributed by atoms with E-state index < -0.39 is 32.1 Å². The van der Waals surface area contributed by atoms with Crippen molar-refractivity contribution >= 4 is 26.0 Å². The van der Waals surface area contributed by atoms with E-state index in [0.717, 1.165) is 9.71 Å². The molecular formula is C9H16N2O6S2. The molecule has 1 aliphatic heterocycles. The zero-order valence-electron chi connectivity index (χ0n) is 10.6. The molecule has 8 nitrogen and oxygen atoms in total. The van der Waals surface area contributed by atoms with Crippen molar-refractivity contribution in [1.29, 1.82) is 0 Å². The number of methoxy groups -OCH3 is 1. The van der Waals surface area contributed by atoms with Crippen molar-refractivity contribution in [2.75, 3.05) is 26.5 Å². The Kier molecular flexibility index (Phi) is 5.07. The highest BCUT2D eigenvalue weighted by molar-refractivity contribution is 7.94. The summed E-state index contributed by atoms with van der Waals surface area (Å²) in [6.07, 6.45) is 1.20. The fraction of sp³-hybridized carbons (Fsp3) is 0.667. The van der Waals surface area contributed by atoms with Crippen LogP contribution in [-0.4, -0.2) is 59.6 Å². The second-order valence-electron chi connectivity index (χ2n) is 4.04. The first kappa shape index (κ1) is 16.1. The van der Waals surface area contributed by atoms with Crippen molar-refractivity contribution in [3.8, 4) is 0 Å². The molecule has 10 heteroatoms. The Hall–Kier alpha value is -0.970. The molecule has 0 spiro atoms. The number of rotatable bonds is 6. The van der Waals surface area contributed by atoms with Crippen LogP contribution >= 0.6 is 0 Å². The predicted octanol–water partition coefficient (Wildman–Crippen LogP) is -1.37. The maximum absolute atomic E-state index is 11.8. The summed E-state index contributed by atoms with van der Waals surface area (Å²) in [5.41, 5.74) is 0. The van der Waals surface area contributed by atoms with E-state index in [0.29, 0.717) is 0 Å². The Morgan fingerprint density at radius 3 is 2.63 bits per heavy atom. The van der Waals surface area contributed by atoms with E-state index in [1.165, 1.54) is 20.2 Å². The Morgan fingerprint density at radius 2 is 2.16 bits per heavy atom. The molecular weight excluding hydrogens is 296 g/mol. The van der Waals surface area contributed by atoms with Crippen LogP contribution in [0, 0.1) is 0 Å². The van der Waals surface area contributed by atoms with Crippen molar-refractivity contribution < 1.29 is 26.4 Å². The summed E-state index contributed by atoms with van der Waals surface area (Å²) >= 11 is 0. The van der Waals surface area contributed by atoms with Crippen molar-refractivity contribution in [3.05, 3.63) is 11.5 Å². The molecule has 0 aromatic heterocycles. The monoisotopic (exact) mass is 312 g/mol. The molecule has 1 atom stereocenters. The minimum absolute atomic E-state index is 0.0504. The van der Waals surface area contributed by atoms with Gasteiger partial charge in [-0.2, -0.15) is 17.4 Å². The van der Waals surface area contributed by atoms with Gasteiger partial charge in [0, 0.05) is 19.0 Å². The summed E-state index contributed by atoms with van der Waals surface area (Å²) in [7, 11) is -4.66. The first-order chi connectivity index (χ1) is 8.66. The van der Waals surface area contributed by atoms with E-state index in [2.05, 4.69) is 9.46 Å². The number of esters is 1. The van der Waals surface area contributed by atoms with Gasteiger partial charge in [0.05, 0.1) is 25.3 Å². The van der Waals surface area contributed by atoms with Crippen LogP contribution in [0.3, 0.4) is 0 Å². The van der Waals surface area contributed by atoms with Crippen LogP contribution in [0.25, 0.3) is 0 Å². The SMILES string of the molecule is COC(=O)CCN(C)S(=O)(=O)NC1C=CS(=O)(=O)C1. The van der Waals surface area contributed by atoms with Crippen LogP contribution in [0.1, 0.15) is 6.42 Å². The molecule has 1 heterocycles. The topological polar surface area (TPSA) is 110 Å². The van der Waals surface area contributed by atoms with Gasteiger partial charge in [-0.1, -0.05) is 6.08 Å². The Balaban J connectivity index is 2.57. The van der Waals surface area contributed by atoms with Gasteiger partial charge in [0.2, 0.25) is 0 Å². The summed E-state index contributed by atoms with van der Waals surface area (Å²) in [5, 5.41) is 0.981. The van der Waals surface area contributed by atoms with Gasteiger partial charge >= 0.3 is 5.97 Å². The number of nitrogens with one attached hydrogen (secondary N) is 1. The van der Waals surface area contributed by atoms with Crippen molar-refractivity contribution in [1.82, 2.24) is 9.03 Å². The van der Waals surface area contributed by atoms with E-state index in [1.54, 1.807) is 0 Å². The van der Waals surface area contributed by atoms with Crippen molar-refractivity contribution in [3.63, 3.8) is 0 Å². The molecule has 19 heavy (non-hydrogen) atoms. The number of ether oxygens (including phenoxy) is 1. The summed E-state index contributed by atoms with van der Waals surface area (Å²) in [6, 6.07) is -0.782. The summed E-state index contributed by atoms with van der Waals surface area (Å²) in [5.74, 6) is -0.817. The standard InChI is InChI=1S/C9H16N2O6S2/c1-11(5-3-9(12)17-2)19(15,16)10-8-4-6-18(13,14)7-8/h4,6,8,10H,3,5,7H2,1-2H3. The minimum Gasteiger partial charge on any atom is -0.469 e. The van der Waals surface area contributed by atoms with Crippen LogP contribution in [0.4, 0.5) is 0 Å². The maximum atomic E-state index is 11.8. The highest BCUT2D eigenvalue weighted by Crippen LogP contribution is 2.10. The molecule has 1 unspecified atom stereocenters. The fourth-order valence-corrected chi connectivity index (χ4v) is 3.80. The lowest BCUT2D eigenvalue weighted by atomic mass is 10.4. The van der Waals surface area contributed by atoms with Crippen LogP contribution in [0.5, 0.6) is 0 Å². The van der Waals surface area contributed by atoms with Crippen LogP contribution in [0.15, 0.2) is 11.5 Å². The normalized spacial score (nSPS) is 21.7. The molecule has 0 saturated carbocycles. The van der Waals surface area contributed by atoms with E-state index >= 15 is 0 Å². The molecule has 0 radical (unpaired) electrons. The van der Waals surface area contributed by atoms with Crippen LogP contribution in [-0.2, 0) is 29.6 Å². The van der Waals surface area contributed by atoms with Crippen LogP contribution < -0.4 is 4.72 Å². The Morgan fingerprint density at radius 1 is 1.53 bits per heavy atom. The number of sulfone groups is 1. The Bertz CT molecular complexity index is 566. The number of hydrogen-bond acceptors (Lipinski definition) is 6. The van der Waals surface area contributed by atoms with Crippen molar-refractivity contribution in [2.45, 2.75) is 12.5 Å². The number of hydrogen-bond donors (Lipinski definition) is 1. The molecule has 0 aromatic carbocycles. The summed E-state index contributed by atoms with van der Waals surface area (Å²) in [4.78, 5) is 10.9. The number of nitrogens with zero attached hydrogens (tertiary/aromatic N) is 1. The summed E-state index contributed by atoms with van der Waals surface area (Å²) in [6.45, 7) is -0.0504. The van der Waals surface area contributed by atoms with Gasteiger partial charge < -0.3 is 4.74 Å². The minimum atomic E-state index is -3.84. The van der Waals surface area contributed by atoms with Gasteiger partial charge in [-0.25, -0.2) is 8.42 Å². The molecule has 1 rings (SSSR count). The van der Waals surface area contributed by atoms with E-state index in [-0.39, 0.29) is 18.7 Å². The molecule has 1 N–H and O–H groups in total. The quantitative estimate of drug-likeness (QED) is 0.606. The molecule has 0 fully saturated rings. The third kappa shape index (κ3) is 4.90. The third-order valence-electron chi connectivity index (χ3n) is 2.50. The first-order valence-electron chi connectivity index (χ1n) is 5.37. The van der Waals surface area contributed by atoms with Gasteiger partial charge in [0.15, 0.2) is 9.84 Å². The average molecular weight is 312 g/mol. The average Bonchev–Trinajstić information content (AvgIpc) is 2.64. The van der Waals surface area contributed by atoms with Gasteiger partial charge in [0.25, 0.3) is 10.2 Å². The molecule has 110 valence electrons. The van der Waals surface area contributed by atoms with Gasteiger partial charge in [-0.3, -0.25) is 4.79 Å². The summed E-state index contributed by atoms with van der Waals surface area (Å²) < 4.78 is 53.5. The van der Waals surface area contributed by atoms with Gasteiger partial charge in [-0.05, 0) is 0 Å². The van der Waals surface area contributed by atoms with Gasteiger partial charge in [-0.15, -0.1) is 0 Å². The smallest absolute Gasteiger partial charge is 0.306 e. The highest BCUT2D eigenvalue weighted by Gasteiger charge is 2.28. The molecule has 0 amide bonds. The Labute approximate surface area is 112 Å². The second kappa shape index (κ2) is 5.99. The van der Waals surface area contributed by atoms with E-state index in [1.807, 2.05) is 0 Å². The van der Waals surface area contributed by atoms with Gasteiger partial charge in [0.1, 0.15) is 0 Å². The molecule has 0 aliphatic carbocycles. The lowest BCUT2D eigenvalue weighted by molar-refractivity contribution is -0.140. The van der Waals surface area contributed by atoms with E-state index in [4.69, 9.17) is 0 Å². The largest absolute Gasteiger partial charge is 0.469 e. The highest BCUT2D eigenvalue weighted by atomic mass is 32.2. The fourth-order valence-electron chi connectivity index (χ4n) is 1.40. The maximum Gasteiger partial charge on any atom is 0.306 e. The zero-order chi connectivity index (χ0) is 14.7. The predicted molar refractivity (Wildman–Crippen MR) is 68.0 cm³/mol. The van der Waals surface area contributed by atoms with Crippen molar-refractivity contribution in [2.24, 2.45) is 0 Å².